The largest absolute Gasteiger partial charge is 0.494 e. The molecule has 2 rings (SSSR count). The van der Waals surface area contributed by atoms with E-state index in [1.54, 1.807) is 18.2 Å². The zero-order valence-electron chi connectivity index (χ0n) is 13.9. The van der Waals surface area contributed by atoms with Gasteiger partial charge in [-0.1, -0.05) is 0 Å². The number of carbonyl (C=O) groups is 2. The maximum Gasteiger partial charge on any atom is 0.303 e. The van der Waals surface area contributed by atoms with Gasteiger partial charge >= 0.3 is 5.97 Å². The first kappa shape index (κ1) is 18.5. The minimum Gasteiger partial charge on any atom is -0.494 e. The quantitative estimate of drug-likeness (QED) is 0.700. The number of rotatable bonds is 9. The molecule has 0 radical (unpaired) electrons. The number of amides is 1. The number of carbonyl (C=O) groups excluding carboxylic acids is 1. The zero-order chi connectivity index (χ0) is 18.2. The first-order valence-electron chi connectivity index (χ1n) is 7.89. The van der Waals surface area contributed by atoms with Crippen LogP contribution >= 0.6 is 0 Å². The fourth-order valence-electron chi connectivity index (χ4n) is 2.39. The lowest BCUT2D eigenvalue weighted by Crippen LogP contribution is -2.30. The van der Waals surface area contributed by atoms with E-state index < -0.39 is 11.8 Å². The van der Waals surface area contributed by atoms with Crippen LogP contribution in [0.3, 0.4) is 0 Å². The number of nitrogens with zero attached hydrogens (tertiary/aromatic N) is 1. The number of hydrogen-bond acceptors (Lipinski definition) is 4. The van der Waals surface area contributed by atoms with Gasteiger partial charge < -0.3 is 19.2 Å². The molecule has 25 heavy (non-hydrogen) atoms. The maximum atomic E-state index is 14.0. The second kappa shape index (κ2) is 8.86. The van der Waals surface area contributed by atoms with Crippen molar-refractivity contribution in [2.75, 3.05) is 12.0 Å². The van der Waals surface area contributed by atoms with Gasteiger partial charge in [0.2, 0.25) is 5.91 Å². The lowest BCUT2D eigenvalue weighted by molar-refractivity contribution is -0.137. The van der Waals surface area contributed by atoms with Gasteiger partial charge in [-0.15, -0.1) is 0 Å². The summed E-state index contributed by atoms with van der Waals surface area (Å²) >= 11 is 0. The van der Waals surface area contributed by atoms with Crippen molar-refractivity contribution < 1.29 is 28.2 Å². The molecule has 1 aromatic carbocycles. The summed E-state index contributed by atoms with van der Waals surface area (Å²) in [5.74, 6) is -1.03. The number of methoxy groups -OCH3 is 1. The third-order valence-electron chi connectivity index (χ3n) is 3.67. The van der Waals surface area contributed by atoms with Crippen LogP contribution in [0.1, 0.15) is 31.4 Å². The topological polar surface area (TPSA) is 80.0 Å². The smallest absolute Gasteiger partial charge is 0.303 e. The predicted molar refractivity (Wildman–Crippen MR) is 89.0 cm³/mol. The van der Waals surface area contributed by atoms with Crippen LogP contribution in [0.4, 0.5) is 10.1 Å². The van der Waals surface area contributed by atoms with Crippen LogP contribution < -0.4 is 9.64 Å². The predicted octanol–water partition coefficient (Wildman–Crippen LogP) is 3.61. The van der Waals surface area contributed by atoms with Crippen molar-refractivity contribution in [1.29, 1.82) is 0 Å². The van der Waals surface area contributed by atoms with Crippen molar-refractivity contribution in [3.63, 3.8) is 0 Å². The van der Waals surface area contributed by atoms with Gasteiger partial charge in [0, 0.05) is 24.6 Å². The molecule has 7 heteroatoms. The molecule has 0 bridgehead atoms. The average Bonchev–Trinajstić information content (AvgIpc) is 3.09. The van der Waals surface area contributed by atoms with E-state index >= 15 is 0 Å². The Bertz CT molecular complexity index is 714. The van der Waals surface area contributed by atoms with Gasteiger partial charge in [-0.2, -0.15) is 0 Å². The molecular formula is C18H20FNO5. The Morgan fingerprint density at radius 3 is 2.60 bits per heavy atom. The van der Waals surface area contributed by atoms with Gasteiger partial charge in [0.1, 0.15) is 5.76 Å². The summed E-state index contributed by atoms with van der Waals surface area (Å²) in [6.07, 6.45) is 2.54. The third kappa shape index (κ3) is 5.34. The molecule has 0 aliphatic carbocycles. The summed E-state index contributed by atoms with van der Waals surface area (Å²) < 4.78 is 24.2. The Balaban J connectivity index is 2.13. The lowest BCUT2D eigenvalue weighted by atomic mass is 10.1. The molecule has 0 atom stereocenters. The van der Waals surface area contributed by atoms with Crippen molar-refractivity contribution in [2.45, 2.75) is 32.2 Å². The molecule has 6 nitrogen and oxygen atoms in total. The highest BCUT2D eigenvalue weighted by Crippen LogP contribution is 2.26. The number of unbranched alkanes of at least 4 members (excludes halogenated alkanes) is 1. The highest BCUT2D eigenvalue weighted by Gasteiger charge is 2.19. The molecule has 0 aliphatic rings. The fourth-order valence-corrected chi connectivity index (χ4v) is 2.39. The van der Waals surface area contributed by atoms with Crippen LogP contribution in [0.5, 0.6) is 5.75 Å². The Morgan fingerprint density at radius 2 is 2.00 bits per heavy atom. The monoisotopic (exact) mass is 349 g/mol. The summed E-state index contributed by atoms with van der Waals surface area (Å²) in [7, 11) is 1.37. The minimum absolute atomic E-state index is 0.0165. The first-order chi connectivity index (χ1) is 12.0. The van der Waals surface area contributed by atoms with E-state index in [2.05, 4.69) is 0 Å². The first-order valence-corrected chi connectivity index (χ1v) is 7.89. The van der Waals surface area contributed by atoms with Crippen LogP contribution in [-0.4, -0.2) is 24.1 Å². The van der Waals surface area contributed by atoms with E-state index in [1.165, 1.54) is 30.4 Å². The Hall–Kier alpha value is -2.83. The molecule has 0 unspecified atom stereocenters. The normalized spacial score (nSPS) is 10.5. The van der Waals surface area contributed by atoms with E-state index in [4.69, 9.17) is 14.3 Å². The van der Waals surface area contributed by atoms with Gasteiger partial charge in [-0.05, 0) is 37.1 Å². The van der Waals surface area contributed by atoms with Crippen molar-refractivity contribution in [2.24, 2.45) is 0 Å². The number of carboxylic acids is 1. The van der Waals surface area contributed by atoms with E-state index in [9.17, 15) is 14.0 Å². The number of furan rings is 1. The van der Waals surface area contributed by atoms with Crippen molar-refractivity contribution in [3.8, 4) is 5.75 Å². The minimum atomic E-state index is -0.892. The molecular weight excluding hydrogens is 329 g/mol. The van der Waals surface area contributed by atoms with Crippen LogP contribution in [0.15, 0.2) is 41.0 Å². The fraction of sp³-hybridized carbons (Fsp3) is 0.333. The molecule has 0 saturated carbocycles. The molecule has 0 saturated heterocycles. The highest BCUT2D eigenvalue weighted by molar-refractivity contribution is 5.93. The van der Waals surface area contributed by atoms with E-state index in [0.717, 1.165) is 0 Å². The molecule has 1 aromatic heterocycles. The number of hydrogen-bond donors (Lipinski definition) is 1. The van der Waals surface area contributed by atoms with Gasteiger partial charge in [0.15, 0.2) is 11.6 Å². The lowest BCUT2D eigenvalue weighted by Gasteiger charge is -2.22. The van der Waals surface area contributed by atoms with Crippen molar-refractivity contribution >= 4 is 17.6 Å². The number of benzene rings is 1. The molecule has 1 N–H and O–H groups in total. The van der Waals surface area contributed by atoms with Crippen LogP contribution in [0, 0.1) is 5.82 Å². The number of carboxylic acid groups (broad SMARTS) is 1. The number of ether oxygens (including phenoxy) is 1. The molecule has 0 aliphatic heterocycles. The maximum absolute atomic E-state index is 14.0. The SMILES string of the molecule is COc1ccc(N(Cc2ccco2)C(=O)CCCCC(=O)O)cc1F. The number of aliphatic carboxylic acids is 1. The van der Waals surface area contributed by atoms with Gasteiger partial charge in [-0.25, -0.2) is 4.39 Å². The summed E-state index contributed by atoms with van der Waals surface area (Å²) in [4.78, 5) is 24.5. The van der Waals surface area contributed by atoms with E-state index in [0.29, 0.717) is 24.3 Å². The summed E-state index contributed by atoms with van der Waals surface area (Å²) in [5, 5.41) is 8.66. The van der Waals surface area contributed by atoms with Crippen molar-refractivity contribution in [1.82, 2.24) is 0 Å². The summed E-state index contributed by atoms with van der Waals surface area (Å²) in [5.41, 5.74) is 0.387. The zero-order valence-corrected chi connectivity index (χ0v) is 13.9. The molecule has 134 valence electrons. The molecule has 0 fully saturated rings. The highest BCUT2D eigenvalue weighted by atomic mass is 19.1. The molecule has 1 amide bonds. The van der Waals surface area contributed by atoms with Gasteiger partial charge in [-0.3, -0.25) is 9.59 Å². The molecule has 0 spiro atoms. The van der Waals surface area contributed by atoms with Crippen LogP contribution in [0.2, 0.25) is 0 Å². The molecule has 1 heterocycles. The standard InChI is InChI=1S/C18H20FNO5/c1-24-16-9-8-13(11-15(16)19)20(12-14-5-4-10-25-14)17(21)6-2-3-7-18(22)23/h4-5,8-11H,2-3,6-7,12H2,1H3,(H,22,23). The average molecular weight is 349 g/mol. The van der Waals surface area contributed by atoms with Crippen LogP contribution in [0.25, 0.3) is 0 Å². The third-order valence-corrected chi connectivity index (χ3v) is 3.67. The Labute approximate surface area is 144 Å². The van der Waals surface area contributed by atoms with Gasteiger partial charge in [0.25, 0.3) is 0 Å². The van der Waals surface area contributed by atoms with Crippen molar-refractivity contribution in [3.05, 3.63) is 48.2 Å². The molecule has 2 aromatic rings. The summed E-state index contributed by atoms with van der Waals surface area (Å²) in [6, 6.07) is 7.72. The Morgan fingerprint density at radius 1 is 1.24 bits per heavy atom. The Kier molecular flexibility index (Phi) is 6.56. The second-order valence-corrected chi connectivity index (χ2v) is 5.48. The van der Waals surface area contributed by atoms with Crippen LogP contribution in [-0.2, 0) is 16.1 Å². The summed E-state index contributed by atoms with van der Waals surface area (Å²) in [6.45, 7) is 0.163. The van der Waals surface area contributed by atoms with Gasteiger partial charge in [0.05, 0.1) is 19.9 Å². The van der Waals surface area contributed by atoms with E-state index in [-0.39, 0.29) is 31.0 Å². The number of anilines is 1. The second-order valence-electron chi connectivity index (χ2n) is 5.48. The number of halogens is 1. The van der Waals surface area contributed by atoms with E-state index in [1.807, 2.05) is 0 Å².